The van der Waals surface area contributed by atoms with Gasteiger partial charge in [0.05, 0.1) is 12.5 Å². The third kappa shape index (κ3) is 4.37. The third-order valence-electron chi connectivity index (χ3n) is 5.35. The Kier molecular flexibility index (Phi) is 5.68. The van der Waals surface area contributed by atoms with Crippen LogP contribution in [0.2, 0.25) is 0 Å². The second-order valence-electron chi connectivity index (χ2n) is 7.25. The van der Waals surface area contributed by atoms with E-state index in [1.807, 2.05) is 19.1 Å². The van der Waals surface area contributed by atoms with Crippen molar-refractivity contribution < 1.29 is 14.3 Å². The number of pyridine rings is 1. The van der Waals surface area contributed by atoms with E-state index in [1.165, 1.54) is 6.42 Å². The first kappa shape index (κ1) is 17.9. The monoisotopic (exact) mass is 345 g/mol. The fraction of sp³-hybridized carbons (Fsp3) is 0.632. The lowest BCUT2D eigenvalue weighted by Gasteiger charge is -2.41. The lowest BCUT2D eigenvalue weighted by atomic mass is 9.69. The molecule has 3 rings (SSSR count). The van der Waals surface area contributed by atoms with Gasteiger partial charge >= 0.3 is 0 Å². The molecule has 1 atom stereocenters. The molecule has 1 aliphatic carbocycles. The number of carbonyl (C=O) groups is 2. The molecule has 1 saturated carbocycles. The van der Waals surface area contributed by atoms with Crippen molar-refractivity contribution in [2.75, 3.05) is 26.3 Å². The Morgan fingerprint density at radius 3 is 2.96 bits per heavy atom. The standard InChI is InChI=1S/C19H27N3O3/c1-2-25-14-19(6-4-7-19)13-21-18(24)16-9-17(23)22(12-16)11-15-5-3-8-20-10-15/h3,5,8,10,16H,2,4,6-7,9,11-14H2,1H3,(H,21,24)/t16-/m1/s1. The Morgan fingerprint density at radius 1 is 1.48 bits per heavy atom. The number of carbonyl (C=O) groups excluding carboxylic acids is 2. The van der Waals surface area contributed by atoms with Crippen molar-refractivity contribution >= 4 is 11.8 Å². The van der Waals surface area contributed by atoms with E-state index in [-0.39, 0.29) is 23.1 Å². The molecule has 6 nitrogen and oxygen atoms in total. The largest absolute Gasteiger partial charge is 0.381 e. The van der Waals surface area contributed by atoms with Gasteiger partial charge in [-0.3, -0.25) is 14.6 Å². The van der Waals surface area contributed by atoms with E-state index in [9.17, 15) is 9.59 Å². The van der Waals surface area contributed by atoms with Gasteiger partial charge in [-0.2, -0.15) is 0 Å². The second kappa shape index (κ2) is 7.95. The minimum absolute atomic E-state index is 0.00944. The van der Waals surface area contributed by atoms with Crippen LogP contribution < -0.4 is 5.32 Å². The number of likely N-dealkylation sites (tertiary alicyclic amines) is 1. The van der Waals surface area contributed by atoms with Gasteiger partial charge in [-0.25, -0.2) is 0 Å². The van der Waals surface area contributed by atoms with Gasteiger partial charge in [0.1, 0.15) is 0 Å². The lowest BCUT2D eigenvalue weighted by molar-refractivity contribution is -0.129. The molecular formula is C19H27N3O3. The topological polar surface area (TPSA) is 71.5 Å². The molecule has 2 heterocycles. The summed E-state index contributed by atoms with van der Waals surface area (Å²) >= 11 is 0. The van der Waals surface area contributed by atoms with Crippen molar-refractivity contribution in [1.29, 1.82) is 0 Å². The first-order chi connectivity index (χ1) is 12.1. The molecular weight excluding hydrogens is 318 g/mol. The van der Waals surface area contributed by atoms with E-state index < -0.39 is 0 Å². The zero-order chi connectivity index (χ0) is 17.7. The van der Waals surface area contributed by atoms with Gasteiger partial charge in [-0.15, -0.1) is 0 Å². The normalized spacial score (nSPS) is 21.9. The van der Waals surface area contributed by atoms with Crippen molar-refractivity contribution in [3.05, 3.63) is 30.1 Å². The Hall–Kier alpha value is -1.95. The molecule has 2 aliphatic rings. The number of amides is 2. The summed E-state index contributed by atoms with van der Waals surface area (Å²) in [6.45, 7) is 5.06. The summed E-state index contributed by atoms with van der Waals surface area (Å²) in [5, 5.41) is 3.07. The summed E-state index contributed by atoms with van der Waals surface area (Å²) in [6.07, 6.45) is 7.17. The molecule has 1 aromatic heterocycles. The molecule has 0 bridgehead atoms. The molecule has 1 N–H and O–H groups in total. The minimum Gasteiger partial charge on any atom is -0.381 e. The number of hydrogen-bond acceptors (Lipinski definition) is 4. The first-order valence-corrected chi connectivity index (χ1v) is 9.14. The summed E-state index contributed by atoms with van der Waals surface area (Å²) in [7, 11) is 0. The van der Waals surface area contributed by atoms with Crippen LogP contribution in [0.1, 0.15) is 38.2 Å². The Morgan fingerprint density at radius 2 is 2.32 bits per heavy atom. The number of ether oxygens (including phenoxy) is 1. The smallest absolute Gasteiger partial charge is 0.225 e. The van der Waals surface area contributed by atoms with Gasteiger partial charge in [0, 0.05) is 50.5 Å². The fourth-order valence-electron chi connectivity index (χ4n) is 3.60. The minimum atomic E-state index is -0.256. The molecule has 0 unspecified atom stereocenters. The molecule has 1 saturated heterocycles. The SMILES string of the molecule is CCOCC1(CNC(=O)[C@@H]2CC(=O)N(Cc3cccnc3)C2)CCC1. The van der Waals surface area contributed by atoms with Crippen LogP contribution in [0.5, 0.6) is 0 Å². The number of aromatic nitrogens is 1. The number of hydrogen-bond donors (Lipinski definition) is 1. The summed E-state index contributed by atoms with van der Waals surface area (Å²) in [4.78, 5) is 30.5. The molecule has 136 valence electrons. The van der Waals surface area contributed by atoms with Crippen LogP contribution >= 0.6 is 0 Å². The van der Waals surface area contributed by atoms with Crippen molar-refractivity contribution in [1.82, 2.24) is 15.2 Å². The van der Waals surface area contributed by atoms with E-state index in [2.05, 4.69) is 10.3 Å². The van der Waals surface area contributed by atoms with Gasteiger partial charge in [0.25, 0.3) is 0 Å². The van der Waals surface area contributed by atoms with E-state index in [1.54, 1.807) is 17.3 Å². The van der Waals surface area contributed by atoms with Crippen molar-refractivity contribution in [2.24, 2.45) is 11.3 Å². The van der Waals surface area contributed by atoms with Gasteiger partial charge in [-0.05, 0) is 31.4 Å². The molecule has 0 aromatic carbocycles. The molecule has 6 heteroatoms. The highest BCUT2D eigenvalue weighted by molar-refractivity contribution is 5.89. The highest BCUT2D eigenvalue weighted by Gasteiger charge is 2.39. The zero-order valence-corrected chi connectivity index (χ0v) is 14.9. The van der Waals surface area contributed by atoms with Gasteiger partial charge < -0.3 is 15.0 Å². The van der Waals surface area contributed by atoms with Crippen LogP contribution in [0, 0.1) is 11.3 Å². The average Bonchev–Trinajstić information content (AvgIpc) is 2.95. The molecule has 25 heavy (non-hydrogen) atoms. The predicted molar refractivity (Wildman–Crippen MR) is 93.5 cm³/mol. The lowest BCUT2D eigenvalue weighted by Crippen LogP contribution is -2.46. The Bertz CT molecular complexity index is 601. The van der Waals surface area contributed by atoms with Gasteiger partial charge in [0.15, 0.2) is 0 Å². The molecule has 1 aliphatic heterocycles. The van der Waals surface area contributed by atoms with E-state index in [0.29, 0.717) is 39.3 Å². The van der Waals surface area contributed by atoms with Crippen LogP contribution in [0.25, 0.3) is 0 Å². The number of nitrogens with one attached hydrogen (secondary N) is 1. The maximum atomic E-state index is 12.5. The zero-order valence-electron chi connectivity index (χ0n) is 14.9. The van der Waals surface area contributed by atoms with E-state index >= 15 is 0 Å². The van der Waals surface area contributed by atoms with Crippen molar-refractivity contribution in [3.63, 3.8) is 0 Å². The quantitative estimate of drug-likeness (QED) is 0.779. The molecule has 2 fully saturated rings. The summed E-state index contributed by atoms with van der Waals surface area (Å²) in [5.41, 5.74) is 1.09. The molecule has 1 aromatic rings. The van der Waals surface area contributed by atoms with Crippen LogP contribution in [-0.4, -0.2) is 48.0 Å². The molecule has 0 radical (unpaired) electrons. The maximum Gasteiger partial charge on any atom is 0.225 e. The highest BCUT2D eigenvalue weighted by Crippen LogP contribution is 2.40. The van der Waals surface area contributed by atoms with Crippen LogP contribution in [-0.2, 0) is 20.9 Å². The predicted octanol–water partition coefficient (Wildman–Crippen LogP) is 1.75. The van der Waals surface area contributed by atoms with Gasteiger partial charge in [0.2, 0.25) is 11.8 Å². The summed E-state index contributed by atoms with van der Waals surface area (Å²) in [6, 6.07) is 3.80. The number of rotatable bonds is 8. The van der Waals surface area contributed by atoms with Crippen LogP contribution in [0.4, 0.5) is 0 Å². The maximum absolute atomic E-state index is 12.5. The van der Waals surface area contributed by atoms with Crippen molar-refractivity contribution in [3.8, 4) is 0 Å². The fourth-order valence-corrected chi connectivity index (χ4v) is 3.60. The van der Waals surface area contributed by atoms with Crippen LogP contribution in [0.15, 0.2) is 24.5 Å². The Balaban J connectivity index is 1.49. The Labute approximate surface area is 148 Å². The van der Waals surface area contributed by atoms with E-state index in [4.69, 9.17) is 4.74 Å². The second-order valence-corrected chi connectivity index (χ2v) is 7.25. The summed E-state index contributed by atoms with van der Waals surface area (Å²) in [5.74, 6) is -0.227. The third-order valence-corrected chi connectivity index (χ3v) is 5.35. The van der Waals surface area contributed by atoms with Gasteiger partial charge in [-0.1, -0.05) is 12.5 Å². The summed E-state index contributed by atoms with van der Waals surface area (Å²) < 4.78 is 5.58. The van der Waals surface area contributed by atoms with Crippen LogP contribution in [0.3, 0.4) is 0 Å². The molecule has 2 amide bonds. The highest BCUT2D eigenvalue weighted by atomic mass is 16.5. The first-order valence-electron chi connectivity index (χ1n) is 9.14. The average molecular weight is 345 g/mol. The number of nitrogens with zero attached hydrogens (tertiary/aromatic N) is 2. The van der Waals surface area contributed by atoms with E-state index in [0.717, 1.165) is 18.4 Å². The van der Waals surface area contributed by atoms with Crippen molar-refractivity contribution in [2.45, 2.75) is 39.2 Å². The molecule has 0 spiro atoms.